The lowest BCUT2D eigenvalue weighted by atomic mass is 9.93. The second-order valence-electron chi connectivity index (χ2n) is 9.24. The summed E-state index contributed by atoms with van der Waals surface area (Å²) in [5, 5.41) is 3.93. The zero-order valence-corrected chi connectivity index (χ0v) is 19.0. The Balaban J connectivity index is 1.51. The lowest BCUT2D eigenvalue weighted by Gasteiger charge is -2.44. The van der Waals surface area contributed by atoms with Crippen LogP contribution in [-0.2, 0) is 17.9 Å². The quantitative estimate of drug-likeness (QED) is 0.556. The third-order valence-electron chi connectivity index (χ3n) is 6.98. The number of hydrogen-bond donors (Lipinski definition) is 1. The van der Waals surface area contributed by atoms with E-state index in [1.807, 2.05) is 41.8 Å². The Morgan fingerprint density at radius 3 is 2.59 bits per heavy atom. The van der Waals surface area contributed by atoms with Crippen LogP contribution < -0.4 is 5.32 Å². The first kappa shape index (κ1) is 21.1. The summed E-state index contributed by atoms with van der Waals surface area (Å²) in [7, 11) is 0. The fraction of sp³-hybridized carbons (Fsp3) is 0.440. The molecule has 3 aromatic rings. The molecule has 1 fully saturated rings. The van der Waals surface area contributed by atoms with Crippen LogP contribution >= 0.6 is 11.6 Å². The number of nitrogens with one attached hydrogen (secondary N) is 1. The fourth-order valence-electron chi connectivity index (χ4n) is 5.06. The standard InChI is InChI=1S/C25H28ClN3O3/c1-25(24(31)27-19-6-4-2-3-5-7-19)16-28-20-12-13-32-22(20)14-21(28)23(30)29(25)15-17-8-10-18(26)11-9-17/h8-14,19H,2-7,15-16H2,1H3,(H,27,31)/t25-/m0/s1. The molecule has 5 rings (SSSR count). The van der Waals surface area contributed by atoms with Crippen molar-refractivity contribution in [2.45, 2.75) is 70.1 Å². The van der Waals surface area contributed by atoms with E-state index in [0.717, 1.165) is 36.8 Å². The van der Waals surface area contributed by atoms with Gasteiger partial charge in [-0.3, -0.25) is 9.59 Å². The van der Waals surface area contributed by atoms with E-state index in [0.29, 0.717) is 29.4 Å². The first-order chi connectivity index (χ1) is 15.5. The van der Waals surface area contributed by atoms with Gasteiger partial charge in [0.15, 0.2) is 5.58 Å². The van der Waals surface area contributed by atoms with Crippen LogP contribution in [0.5, 0.6) is 0 Å². The van der Waals surface area contributed by atoms with Gasteiger partial charge in [0.05, 0.1) is 18.3 Å². The van der Waals surface area contributed by atoms with Gasteiger partial charge in [-0.15, -0.1) is 0 Å². The highest BCUT2D eigenvalue weighted by Gasteiger charge is 2.48. The summed E-state index contributed by atoms with van der Waals surface area (Å²) < 4.78 is 7.47. The second-order valence-corrected chi connectivity index (χ2v) is 9.68. The molecule has 0 spiro atoms. The van der Waals surface area contributed by atoms with E-state index in [2.05, 4.69) is 5.32 Å². The van der Waals surface area contributed by atoms with Crippen LogP contribution in [0, 0.1) is 0 Å². The number of halogens is 1. The van der Waals surface area contributed by atoms with Crippen LogP contribution in [0.1, 0.15) is 61.5 Å². The van der Waals surface area contributed by atoms with Crippen LogP contribution in [0.3, 0.4) is 0 Å². The van der Waals surface area contributed by atoms with Crippen LogP contribution in [-0.4, -0.2) is 32.9 Å². The molecule has 1 aliphatic carbocycles. The number of amides is 2. The van der Waals surface area contributed by atoms with Gasteiger partial charge in [0.2, 0.25) is 5.91 Å². The molecule has 0 saturated heterocycles. The van der Waals surface area contributed by atoms with Gasteiger partial charge in [0.1, 0.15) is 11.2 Å². The summed E-state index contributed by atoms with van der Waals surface area (Å²) in [6.07, 6.45) is 8.30. The molecular formula is C25H28ClN3O3. The molecule has 7 heteroatoms. The highest BCUT2D eigenvalue weighted by molar-refractivity contribution is 6.30. The zero-order chi connectivity index (χ0) is 22.3. The minimum absolute atomic E-state index is 0.0947. The smallest absolute Gasteiger partial charge is 0.271 e. The fourth-order valence-corrected chi connectivity index (χ4v) is 5.18. The number of furan rings is 1. The summed E-state index contributed by atoms with van der Waals surface area (Å²) in [4.78, 5) is 29.1. The third-order valence-corrected chi connectivity index (χ3v) is 7.23. The van der Waals surface area contributed by atoms with Crippen molar-refractivity contribution in [3.63, 3.8) is 0 Å². The number of nitrogens with zero attached hydrogens (tertiary/aromatic N) is 2. The number of aromatic nitrogens is 1. The molecular weight excluding hydrogens is 426 g/mol. The molecule has 2 amide bonds. The number of carbonyl (C=O) groups is 2. The molecule has 1 aromatic carbocycles. The van der Waals surface area contributed by atoms with Crippen molar-refractivity contribution >= 4 is 34.5 Å². The topological polar surface area (TPSA) is 67.5 Å². The SMILES string of the molecule is C[C@@]1(C(=O)NC2CCCCCC2)Cn2c(cc3occc32)C(=O)N1Cc1ccc(Cl)cc1. The van der Waals surface area contributed by atoms with Gasteiger partial charge >= 0.3 is 0 Å². The van der Waals surface area contributed by atoms with Crippen molar-refractivity contribution in [3.05, 3.63) is 58.9 Å². The molecule has 3 heterocycles. The number of fused-ring (bicyclic) bond motifs is 3. The molecule has 1 aliphatic heterocycles. The maximum atomic E-state index is 13.7. The molecule has 168 valence electrons. The monoisotopic (exact) mass is 453 g/mol. The molecule has 32 heavy (non-hydrogen) atoms. The summed E-state index contributed by atoms with van der Waals surface area (Å²) in [6, 6.07) is 11.2. The maximum absolute atomic E-state index is 13.7. The van der Waals surface area contributed by atoms with Gasteiger partial charge in [0.25, 0.3) is 5.91 Å². The molecule has 1 saturated carbocycles. The predicted molar refractivity (Wildman–Crippen MR) is 124 cm³/mol. The molecule has 0 bridgehead atoms. The van der Waals surface area contributed by atoms with Gasteiger partial charge in [0, 0.05) is 29.7 Å². The molecule has 2 aliphatic rings. The van der Waals surface area contributed by atoms with E-state index in [4.69, 9.17) is 16.0 Å². The van der Waals surface area contributed by atoms with Gasteiger partial charge in [-0.2, -0.15) is 0 Å². The van der Waals surface area contributed by atoms with Crippen molar-refractivity contribution in [1.82, 2.24) is 14.8 Å². The number of benzene rings is 1. The van der Waals surface area contributed by atoms with Crippen LogP contribution in [0.2, 0.25) is 5.02 Å². The number of rotatable bonds is 4. The van der Waals surface area contributed by atoms with E-state index >= 15 is 0 Å². The Labute approximate surface area is 192 Å². The highest BCUT2D eigenvalue weighted by atomic mass is 35.5. The largest absolute Gasteiger partial charge is 0.463 e. The molecule has 1 N–H and O–H groups in total. The van der Waals surface area contributed by atoms with E-state index in [1.54, 1.807) is 17.2 Å². The summed E-state index contributed by atoms with van der Waals surface area (Å²) >= 11 is 6.05. The molecule has 0 unspecified atom stereocenters. The molecule has 0 radical (unpaired) electrons. The second kappa shape index (κ2) is 8.32. The zero-order valence-electron chi connectivity index (χ0n) is 18.3. The first-order valence-corrected chi connectivity index (χ1v) is 11.8. The molecule has 1 atom stereocenters. The van der Waals surface area contributed by atoms with Crippen LogP contribution in [0.25, 0.3) is 11.1 Å². The minimum atomic E-state index is -1.03. The number of hydrogen-bond acceptors (Lipinski definition) is 3. The van der Waals surface area contributed by atoms with Crippen molar-refractivity contribution in [2.75, 3.05) is 0 Å². The summed E-state index contributed by atoms with van der Waals surface area (Å²) in [6.45, 7) is 2.59. The van der Waals surface area contributed by atoms with Crippen molar-refractivity contribution in [2.24, 2.45) is 0 Å². The number of carbonyl (C=O) groups excluding carboxylic acids is 2. The normalized spacial score (nSPS) is 22.1. The average molecular weight is 454 g/mol. The lowest BCUT2D eigenvalue weighted by molar-refractivity contribution is -0.134. The Kier molecular flexibility index (Phi) is 5.49. The Bertz CT molecular complexity index is 1140. The highest BCUT2D eigenvalue weighted by Crippen LogP contribution is 2.34. The summed E-state index contributed by atoms with van der Waals surface area (Å²) in [5.74, 6) is -0.265. The Morgan fingerprint density at radius 1 is 1.16 bits per heavy atom. The lowest BCUT2D eigenvalue weighted by Crippen LogP contribution is -2.64. The maximum Gasteiger partial charge on any atom is 0.271 e. The van der Waals surface area contributed by atoms with Crippen LogP contribution in [0.15, 0.2) is 47.1 Å². The molecule has 6 nitrogen and oxygen atoms in total. The third kappa shape index (κ3) is 3.71. The average Bonchev–Trinajstić information content (AvgIpc) is 3.27. The predicted octanol–water partition coefficient (Wildman–Crippen LogP) is 5.14. The van der Waals surface area contributed by atoms with Crippen molar-refractivity contribution in [1.29, 1.82) is 0 Å². The van der Waals surface area contributed by atoms with Gasteiger partial charge in [-0.25, -0.2) is 0 Å². The van der Waals surface area contributed by atoms with E-state index in [9.17, 15) is 9.59 Å². The van der Waals surface area contributed by atoms with E-state index in [1.165, 1.54) is 12.8 Å². The van der Waals surface area contributed by atoms with Gasteiger partial charge in [-0.05, 0) is 37.5 Å². The van der Waals surface area contributed by atoms with Gasteiger partial charge in [-0.1, -0.05) is 49.4 Å². The van der Waals surface area contributed by atoms with Crippen molar-refractivity contribution < 1.29 is 14.0 Å². The Hall–Kier alpha value is -2.73. The summed E-state index contributed by atoms with van der Waals surface area (Å²) in [5.41, 5.74) is 1.95. The van der Waals surface area contributed by atoms with E-state index < -0.39 is 5.54 Å². The van der Waals surface area contributed by atoms with Crippen LogP contribution in [0.4, 0.5) is 0 Å². The van der Waals surface area contributed by atoms with Gasteiger partial charge < -0.3 is 19.2 Å². The van der Waals surface area contributed by atoms with Crippen molar-refractivity contribution in [3.8, 4) is 0 Å². The molecule has 2 aromatic heterocycles. The first-order valence-electron chi connectivity index (χ1n) is 11.4. The Morgan fingerprint density at radius 2 is 1.88 bits per heavy atom. The minimum Gasteiger partial charge on any atom is -0.463 e. The van der Waals surface area contributed by atoms with E-state index in [-0.39, 0.29) is 17.9 Å².